The van der Waals surface area contributed by atoms with Gasteiger partial charge in [0.15, 0.2) is 6.61 Å². The lowest BCUT2D eigenvalue weighted by atomic mass is 10.3. The summed E-state index contributed by atoms with van der Waals surface area (Å²) in [7, 11) is 1.49. The Morgan fingerprint density at radius 2 is 1.87 bits per heavy atom. The number of rotatable bonds is 6. The number of nitrogens with zero attached hydrogens (tertiary/aromatic N) is 2. The van der Waals surface area contributed by atoms with E-state index in [0.29, 0.717) is 12.4 Å². The normalized spacial score (nSPS) is 10.0. The van der Waals surface area contributed by atoms with Crippen LogP contribution in [0.1, 0.15) is 17.3 Å². The number of hydrogen-bond acceptors (Lipinski definition) is 5. The van der Waals surface area contributed by atoms with E-state index in [-0.39, 0.29) is 18.1 Å². The van der Waals surface area contributed by atoms with E-state index in [4.69, 9.17) is 9.47 Å². The molecule has 0 radical (unpaired) electrons. The topological polar surface area (TPSA) is 68.7 Å². The van der Waals surface area contributed by atoms with E-state index in [1.807, 2.05) is 37.3 Å². The number of pyridine rings is 1. The van der Waals surface area contributed by atoms with Gasteiger partial charge in [-0.15, -0.1) is 0 Å². The standard InChI is InChI=1S/C17H18N2O4/c1-3-19(14-7-5-4-6-8-14)16(20)12-23-17(21)13-9-10-15(22-2)18-11-13/h4-11H,3,12H2,1-2H3. The van der Waals surface area contributed by atoms with Crippen molar-refractivity contribution in [3.05, 3.63) is 54.2 Å². The van der Waals surface area contributed by atoms with Gasteiger partial charge in [0.1, 0.15) is 0 Å². The maximum absolute atomic E-state index is 12.2. The maximum atomic E-state index is 12.2. The zero-order valence-corrected chi connectivity index (χ0v) is 13.1. The number of methoxy groups -OCH3 is 1. The molecule has 0 aliphatic carbocycles. The quantitative estimate of drug-likeness (QED) is 0.765. The highest BCUT2D eigenvalue weighted by Gasteiger charge is 2.16. The van der Waals surface area contributed by atoms with Gasteiger partial charge in [-0.2, -0.15) is 0 Å². The highest BCUT2D eigenvalue weighted by atomic mass is 16.5. The van der Waals surface area contributed by atoms with Crippen LogP contribution in [0, 0.1) is 0 Å². The minimum atomic E-state index is -0.599. The first-order valence-electron chi connectivity index (χ1n) is 7.18. The molecule has 1 amide bonds. The summed E-state index contributed by atoms with van der Waals surface area (Å²) in [5, 5.41) is 0. The zero-order valence-electron chi connectivity index (χ0n) is 13.1. The average Bonchev–Trinajstić information content (AvgIpc) is 2.61. The number of anilines is 1. The molecule has 2 rings (SSSR count). The van der Waals surface area contributed by atoms with Crippen molar-refractivity contribution in [3.8, 4) is 5.88 Å². The lowest BCUT2D eigenvalue weighted by molar-refractivity contribution is -0.121. The molecule has 0 aliphatic rings. The number of ether oxygens (including phenoxy) is 2. The monoisotopic (exact) mass is 314 g/mol. The lowest BCUT2D eigenvalue weighted by Crippen LogP contribution is -2.34. The first kappa shape index (κ1) is 16.5. The van der Waals surface area contributed by atoms with Crippen LogP contribution in [0.15, 0.2) is 48.7 Å². The molecule has 1 aromatic heterocycles. The van der Waals surface area contributed by atoms with Crippen molar-refractivity contribution >= 4 is 17.6 Å². The van der Waals surface area contributed by atoms with Crippen LogP contribution in [-0.2, 0) is 9.53 Å². The number of para-hydroxylation sites is 1. The summed E-state index contributed by atoms with van der Waals surface area (Å²) in [4.78, 5) is 29.6. The van der Waals surface area contributed by atoms with Crippen molar-refractivity contribution in [1.82, 2.24) is 4.98 Å². The smallest absolute Gasteiger partial charge is 0.340 e. The van der Waals surface area contributed by atoms with Crippen LogP contribution in [0.4, 0.5) is 5.69 Å². The van der Waals surface area contributed by atoms with Crippen LogP contribution < -0.4 is 9.64 Å². The SMILES string of the molecule is CCN(C(=O)COC(=O)c1ccc(OC)nc1)c1ccccc1. The average molecular weight is 314 g/mol. The molecule has 0 bridgehead atoms. The summed E-state index contributed by atoms with van der Waals surface area (Å²) in [6, 6.07) is 12.3. The Bertz CT molecular complexity index is 656. The third kappa shape index (κ3) is 4.29. The summed E-state index contributed by atoms with van der Waals surface area (Å²) < 4.78 is 9.97. The van der Waals surface area contributed by atoms with E-state index < -0.39 is 5.97 Å². The summed E-state index contributed by atoms with van der Waals surface area (Å²) >= 11 is 0. The number of carbonyl (C=O) groups excluding carboxylic acids is 2. The Morgan fingerprint density at radius 3 is 2.43 bits per heavy atom. The van der Waals surface area contributed by atoms with Gasteiger partial charge < -0.3 is 14.4 Å². The van der Waals surface area contributed by atoms with Gasteiger partial charge in [0.05, 0.1) is 12.7 Å². The molecule has 0 N–H and O–H groups in total. The largest absolute Gasteiger partial charge is 0.481 e. The van der Waals surface area contributed by atoms with Gasteiger partial charge in [0.25, 0.3) is 5.91 Å². The number of likely N-dealkylation sites (N-methyl/N-ethyl adjacent to an activating group) is 1. The van der Waals surface area contributed by atoms with E-state index >= 15 is 0 Å². The van der Waals surface area contributed by atoms with Crippen molar-refractivity contribution in [2.24, 2.45) is 0 Å². The van der Waals surface area contributed by atoms with E-state index in [1.54, 1.807) is 11.0 Å². The molecule has 1 heterocycles. The van der Waals surface area contributed by atoms with Crippen molar-refractivity contribution in [2.45, 2.75) is 6.92 Å². The minimum Gasteiger partial charge on any atom is -0.481 e. The second-order valence-corrected chi connectivity index (χ2v) is 4.64. The number of amides is 1. The third-order valence-corrected chi connectivity index (χ3v) is 3.19. The van der Waals surface area contributed by atoms with Gasteiger partial charge in [-0.25, -0.2) is 9.78 Å². The third-order valence-electron chi connectivity index (χ3n) is 3.19. The van der Waals surface area contributed by atoms with Crippen LogP contribution in [0.3, 0.4) is 0 Å². The molecule has 0 aliphatic heterocycles. The summed E-state index contributed by atoms with van der Waals surface area (Å²) in [6.07, 6.45) is 1.35. The van der Waals surface area contributed by atoms with Gasteiger partial charge in [-0.05, 0) is 25.1 Å². The van der Waals surface area contributed by atoms with Gasteiger partial charge >= 0.3 is 5.97 Å². The Hall–Kier alpha value is -2.89. The van der Waals surface area contributed by atoms with Crippen LogP contribution in [-0.4, -0.2) is 37.1 Å². The predicted molar refractivity (Wildman–Crippen MR) is 85.5 cm³/mol. The van der Waals surface area contributed by atoms with E-state index in [2.05, 4.69) is 4.98 Å². The molecule has 23 heavy (non-hydrogen) atoms. The second kappa shape index (κ2) is 7.93. The Labute approximate surface area is 134 Å². The van der Waals surface area contributed by atoms with Crippen LogP contribution in [0.25, 0.3) is 0 Å². The fourth-order valence-corrected chi connectivity index (χ4v) is 2.02. The van der Waals surface area contributed by atoms with Gasteiger partial charge in [-0.1, -0.05) is 18.2 Å². The number of aromatic nitrogens is 1. The van der Waals surface area contributed by atoms with Crippen molar-refractivity contribution in [1.29, 1.82) is 0 Å². The molecule has 120 valence electrons. The van der Waals surface area contributed by atoms with E-state index in [0.717, 1.165) is 5.69 Å². The summed E-state index contributed by atoms with van der Waals surface area (Å²) in [5.41, 5.74) is 1.03. The summed E-state index contributed by atoms with van der Waals surface area (Å²) in [6.45, 7) is 2.03. The number of benzene rings is 1. The molecule has 6 nitrogen and oxygen atoms in total. The molecule has 0 saturated heterocycles. The lowest BCUT2D eigenvalue weighted by Gasteiger charge is -2.20. The fraction of sp³-hybridized carbons (Fsp3) is 0.235. The van der Waals surface area contributed by atoms with Crippen LogP contribution >= 0.6 is 0 Å². The van der Waals surface area contributed by atoms with E-state index in [1.165, 1.54) is 19.4 Å². The predicted octanol–water partition coefficient (Wildman–Crippen LogP) is 2.30. The molecular weight excluding hydrogens is 296 g/mol. The van der Waals surface area contributed by atoms with Gasteiger partial charge in [0, 0.05) is 24.5 Å². The molecular formula is C17H18N2O4. The molecule has 0 saturated carbocycles. The highest BCUT2D eigenvalue weighted by Crippen LogP contribution is 2.13. The Kier molecular flexibility index (Phi) is 5.68. The minimum absolute atomic E-state index is 0.265. The van der Waals surface area contributed by atoms with Crippen LogP contribution in [0.2, 0.25) is 0 Å². The Morgan fingerprint density at radius 1 is 1.13 bits per heavy atom. The number of carbonyl (C=O) groups is 2. The highest BCUT2D eigenvalue weighted by molar-refractivity contribution is 5.97. The molecule has 0 spiro atoms. The number of esters is 1. The first-order valence-corrected chi connectivity index (χ1v) is 7.18. The van der Waals surface area contributed by atoms with E-state index in [9.17, 15) is 9.59 Å². The molecule has 2 aromatic rings. The van der Waals surface area contributed by atoms with Crippen molar-refractivity contribution < 1.29 is 19.1 Å². The second-order valence-electron chi connectivity index (χ2n) is 4.64. The summed E-state index contributed by atoms with van der Waals surface area (Å²) in [5.74, 6) is -0.481. The van der Waals surface area contributed by atoms with Crippen LogP contribution in [0.5, 0.6) is 5.88 Å². The molecule has 0 fully saturated rings. The maximum Gasteiger partial charge on any atom is 0.340 e. The zero-order chi connectivity index (χ0) is 16.7. The molecule has 6 heteroatoms. The first-order chi connectivity index (χ1) is 11.2. The molecule has 0 unspecified atom stereocenters. The van der Waals surface area contributed by atoms with Crippen molar-refractivity contribution in [3.63, 3.8) is 0 Å². The fourth-order valence-electron chi connectivity index (χ4n) is 2.02. The molecule has 0 atom stereocenters. The van der Waals surface area contributed by atoms with Gasteiger partial charge in [0.2, 0.25) is 5.88 Å². The Balaban J connectivity index is 1.95. The van der Waals surface area contributed by atoms with Gasteiger partial charge in [-0.3, -0.25) is 4.79 Å². The molecule has 1 aromatic carbocycles. The number of hydrogen-bond donors (Lipinski definition) is 0. The van der Waals surface area contributed by atoms with Crippen molar-refractivity contribution in [2.75, 3.05) is 25.2 Å².